The molecule has 124 valence electrons. The van der Waals surface area contributed by atoms with Crippen molar-refractivity contribution >= 4 is 11.9 Å². The molecule has 1 heterocycles. The summed E-state index contributed by atoms with van der Waals surface area (Å²) in [7, 11) is 0. The Kier molecular flexibility index (Phi) is 11.0. The summed E-state index contributed by atoms with van der Waals surface area (Å²) in [6.07, 6.45) is 6.14. The Balaban J connectivity index is 0.00000191. The summed E-state index contributed by atoms with van der Waals surface area (Å²) in [5.41, 5.74) is 0. The molecule has 21 heavy (non-hydrogen) atoms. The smallest absolute Gasteiger partial charge is 0.311 e. The maximum Gasteiger partial charge on any atom is 0.311 e. The first-order chi connectivity index (χ1) is 10.0. The third-order valence-corrected chi connectivity index (χ3v) is 3.43. The second-order valence-corrected chi connectivity index (χ2v) is 5.64. The Bertz CT molecular complexity index is 302. The van der Waals surface area contributed by atoms with Gasteiger partial charge in [-0.15, -0.1) is 0 Å². The third-order valence-electron chi connectivity index (χ3n) is 3.43. The normalized spacial score (nSPS) is 17.7. The summed E-state index contributed by atoms with van der Waals surface area (Å²) in [5, 5.41) is 0. The number of nitrogens with zero attached hydrogens (tertiary/aromatic N) is 1. The van der Waals surface area contributed by atoms with Crippen LogP contribution in [-0.4, -0.2) is 36.0 Å². The van der Waals surface area contributed by atoms with E-state index >= 15 is 0 Å². The van der Waals surface area contributed by atoms with Crippen LogP contribution in [0.15, 0.2) is 0 Å². The number of ether oxygens (including phenoxy) is 1. The zero-order valence-corrected chi connectivity index (χ0v) is 14.5. The number of unbranched alkanes of at least 4 members (excludes halogenated alkanes) is 4. The van der Waals surface area contributed by atoms with Gasteiger partial charge in [0.1, 0.15) is 0 Å². The molecule has 0 saturated carbocycles. The third kappa shape index (κ3) is 8.08. The summed E-state index contributed by atoms with van der Waals surface area (Å²) in [6, 6.07) is 0. The molecule has 0 bridgehead atoms. The molecule has 0 aromatic rings. The summed E-state index contributed by atoms with van der Waals surface area (Å²) in [6.45, 7) is 11.2. The van der Waals surface area contributed by atoms with Crippen LogP contribution in [0.3, 0.4) is 0 Å². The molecule has 1 rings (SSSR count). The number of carbonyl (C=O) groups is 2. The monoisotopic (exact) mass is 299 g/mol. The van der Waals surface area contributed by atoms with Crippen LogP contribution in [0.2, 0.25) is 0 Å². The van der Waals surface area contributed by atoms with Gasteiger partial charge in [-0.2, -0.15) is 0 Å². The Morgan fingerprint density at radius 2 is 1.86 bits per heavy atom. The van der Waals surface area contributed by atoms with Crippen molar-refractivity contribution in [1.82, 2.24) is 4.90 Å². The van der Waals surface area contributed by atoms with Crippen molar-refractivity contribution in [3.63, 3.8) is 0 Å². The van der Waals surface area contributed by atoms with E-state index in [0.717, 1.165) is 13.0 Å². The molecule has 0 spiro atoms. The summed E-state index contributed by atoms with van der Waals surface area (Å²) in [5.74, 6) is -0.386. The van der Waals surface area contributed by atoms with Crippen LogP contribution >= 0.6 is 0 Å². The lowest BCUT2D eigenvalue weighted by Crippen LogP contribution is -2.28. The average Bonchev–Trinajstić information content (AvgIpc) is 2.82. The van der Waals surface area contributed by atoms with Gasteiger partial charge in [0.05, 0.1) is 12.0 Å². The van der Waals surface area contributed by atoms with Gasteiger partial charge in [0.15, 0.2) is 0 Å². The highest BCUT2D eigenvalue weighted by Crippen LogP contribution is 2.20. The molecule has 4 heteroatoms. The molecule has 1 atom stereocenters. The van der Waals surface area contributed by atoms with Crippen LogP contribution in [0.25, 0.3) is 0 Å². The van der Waals surface area contributed by atoms with E-state index in [0.29, 0.717) is 13.0 Å². The van der Waals surface area contributed by atoms with E-state index in [-0.39, 0.29) is 23.9 Å². The molecule has 1 fully saturated rings. The molecule has 1 unspecified atom stereocenters. The van der Waals surface area contributed by atoms with Crippen molar-refractivity contribution < 1.29 is 14.3 Å². The molecule has 1 amide bonds. The quantitative estimate of drug-likeness (QED) is 0.506. The van der Waals surface area contributed by atoms with Crippen LogP contribution in [0, 0.1) is 5.92 Å². The van der Waals surface area contributed by atoms with E-state index in [1.54, 1.807) is 0 Å². The van der Waals surface area contributed by atoms with Gasteiger partial charge in [-0.05, 0) is 20.3 Å². The van der Waals surface area contributed by atoms with Crippen LogP contribution in [-0.2, 0) is 14.3 Å². The topological polar surface area (TPSA) is 46.6 Å². The van der Waals surface area contributed by atoms with Crippen molar-refractivity contribution in [2.24, 2.45) is 5.92 Å². The first kappa shape index (κ1) is 19.9. The highest BCUT2D eigenvalue weighted by Gasteiger charge is 2.35. The van der Waals surface area contributed by atoms with Crippen LogP contribution in [0.5, 0.6) is 0 Å². The number of likely N-dealkylation sites (tertiary alicyclic amines) is 1. The molecule has 0 radical (unpaired) electrons. The van der Waals surface area contributed by atoms with E-state index in [2.05, 4.69) is 6.92 Å². The number of rotatable bonds is 8. The predicted molar refractivity (Wildman–Crippen MR) is 86.0 cm³/mol. The summed E-state index contributed by atoms with van der Waals surface area (Å²) < 4.78 is 5.17. The zero-order chi connectivity index (χ0) is 16.3. The maximum atomic E-state index is 11.8. The first-order valence-electron chi connectivity index (χ1n) is 8.52. The number of amides is 1. The Morgan fingerprint density at radius 1 is 1.24 bits per heavy atom. The van der Waals surface area contributed by atoms with Gasteiger partial charge in [0, 0.05) is 19.5 Å². The SMILES string of the molecule is CC.CCCCCCCN1CC(C(=O)OC(C)C)CC1=O. The number of carbonyl (C=O) groups excluding carboxylic acids is 2. The fraction of sp³-hybridized carbons (Fsp3) is 0.882. The van der Waals surface area contributed by atoms with Gasteiger partial charge in [0.2, 0.25) is 5.91 Å². The number of hydrogen-bond donors (Lipinski definition) is 0. The van der Waals surface area contributed by atoms with E-state index in [1.165, 1.54) is 25.7 Å². The van der Waals surface area contributed by atoms with Crippen molar-refractivity contribution in [2.75, 3.05) is 13.1 Å². The number of hydrogen-bond acceptors (Lipinski definition) is 3. The molecule has 0 N–H and O–H groups in total. The van der Waals surface area contributed by atoms with Crippen LogP contribution < -0.4 is 0 Å². The molecule has 1 aliphatic rings. The fourth-order valence-electron chi connectivity index (χ4n) is 2.38. The minimum atomic E-state index is -0.259. The van der Waals surface area contributed by atoms with E-state index in [4.69, 9.17) is 4.74 Å². The summed E-state index contributed by atoms with van der Waals surface area (Å²) >= 11 is 0. The van der Waals surface area contributed by atoms with Gasteiger partial charge < -0.3 is 9.64 Å². The maximum absolute atomic E-state index is 11.8. The van der Waals surface area contributed by atoms with Crippen molar-refractivity contribution in [3.8, 4) is 0 Å². The zero-order valence-electron chi connectivity index (χ0n) is 14.5. The van der Waals surface area contributed by atoms with E-state index < -0.39 is 0 Å². The average molecular weight is 299 g/mol. The van der Waals surface area contributed by atoms with Crippen molar-refractivity contribution in [2.45, 2.75) is 79.2 Å². The molecular formula is C17H33NO3. The van der Waals surface area contributed by atoms with Gasteiger partial charge >= 0.3 is 5.97 Å². The predicted octanol–water partition coefficient (Wildman–Crippen LogP) is 3.78. The second kappa shape index (κ2) is 11.6. The molecule has 1 saturated heterocycles. The minimum absolute atomic E-state index is 0.0983. The molecule has 0 aliphatic carbocycles. The van der Waals surface area contributed by atoms with Crippen LogP contribution in [0.1, 0.15) is 73.1 Å². The lowest BCUT2D eigenvalue weighted by molar-refractivity contribution is -0.152. The van der Waals surface area contributed by atoms with Gasteiger partial charge in [-0.25, -0.2) is 0 Å². The molecule has 0 aromatic carbocycles. The highest BCUT2D eigenvalue weighted by molar-refractivity contribution is 5.86. The lowest BCUT2D eigenvalue weighted by atomic mass is 10.1. The van der Waals surface area contributed by atoms with Crippen molar-refractivity contribution in [3.05, 3.63) is 0 Å². The molecule has 4 nitrogen and oxygen atoms in total. The molecular weight excluding hydrogens is 266 g/mol. The molecule has 0 aromatic heterocycles. The Morgan fingerprint density at radius 3 is 2.43 bits per heavy atom. The first-order valence-corrected chi connectivity index (χ1v) is 8.52. The molecule has 1 aliphatic heterocycles. The van der Waals surface area contributed by atoms with E-state index in [1.807, 2.05) is 32.6 Å². The largest absolute Gasteiger partial charge is 0.463 e. The lowest BCUT2D eigenvalue weighted by Gasteiger charge is -2.16. The van der Waals surface area contributed by atoms with Gasteiger partial charge in [-0.1, -0.05) is 46.5 Å². The van der Waals surface area contributed by atoms with Gasteiger partial charge in [0.25, 0.3) is 0 Å². The van der Waals surface area contributed by atoms with Crippen LogP contribution in [0.4, 0.5) is 0 Å². The summed E-state index contributed by atoms with van der Waals surface area (Å²) in [4.78, 5) is 25.4. The Labute approximate surface area is 130 Å². The minimum Gasteiger partial charge on any atom is -0.463 e. The van der Waals surface area contributed by atoms with Crippen molar-refractivity contribution in [1.29, 1.82) is 0 Å². The van der Waals surface area contributed by atoms with E-state index in [9.17, 15) is 9.59 Å². The standard InChI is InChI=1S/C15H27NO3.C2H6/c1-4-5-6-7-8-9-16-11-13(10-14(16)17)15(18)19-12(2)3;1-2/h12-13H,4-11H2,1-3H3;1-2H3. The number of esters is 1. The van der Waals surface area contributed by atoms with Gasteiger partial charge in [-0.3, -0.25) is 9.59 Å². The highest BCUT2D eigenvalue weighted by atomic mass is 16.5. The second-order valence-electron chi connectivity index (χ2n) is 5.64. The Hall–Kier alpha value is -1.06. The fourth-order valence-corrected chi connectivity index (χ4v) is 2.38.